The van der Waals surface area contributed by atoms with Crippen molar-refractivity contribution in [3.8, 4) is 0 Å². The van der Waals surface area contributed by atoms with Gasteiger partial charge in [-0.05, 0) is 12.5 Å². The quantitative estimate of drug-likeness (QED) is 0.674. The second-order valence-electron chi connectivity index (χ2n) is 5.22. The highest BCUT2D eigenvalue weighted by atomic mass is 19.4. The van der Waals surface area contributed by atoms with Crippen LogP contribution in [0.5, 0.6) is 0 Å². The molecule has 8 heteroatoms. The number of piperazine rings is 1. The summed E-state index contributed by atoms with van der Waals surface area (Å²) < 4.78 is 77.8. The number of nitrogens with zero attached hydrogens (tertiary/aromatic N) is 1. The number of rotatable bonds is 4. The maximum atomic E-state index is 13.9. The number of alkyl halides is 3. The molecule has 1 aromatic rings. The van der Waals surface area contributed by atoms with Gasteiger partial charge >= 0.3 is 6.18 Å². The van der Waals surface area contributed by atoms with Crippen LogP contribution in [0.3, 0.4) is 0 Å². The standard InChI is InChI=1S/C14H16F6N2/c15-10-2-1-9(12(16)13(10)17)11(3-4-14(18,19)20)22-7-5-21-6-8-22/h1-2,11,21H,3-8H2/t11-/m1/s1. The van der Waals surface area contributed by atoms with E-state index in [4.69, 9.17) is 0 Å². The minimum absolute atomic E-state index is 0.231. The zero-order valence-corrected chi connectivity index (χ0v) is 11.7. The lowest BCUT2D eigenvalue weighted by atomic mass is 9.98. The maximum absolute atomic E-state index is 13.9. The van der Waals surface area contributed by atoms with E-state index in [9.17, 15) is 26.3 Å². The first-order valence-electron chi connectivity index (χ1n) is 6.94. The number of benzene rings is 1. The third-order valence-electron chi connectivity index (χ3n) is 3.72. The predicted octanol–water partition coefficient (Wildman–Crippen LogP) is 3.39. The average Bonchev–Trinajstić information content (AvgIpc) is 2.47. The lowest BCUT2D eigenvalue weighted by Crippen LogP contribution is -2.45. The summed E-state index contributed by atoms with van der Waals surface area (Å²) in [6.07, 6.45) is -5.90. The van der Waals surface area contributed by atoms with Crippen LogP contribution in [0.25, 0.3) is 0 Å². The predicted molar refractivity (Wildman–Crippen MR) is 68.8 cm³/mol. The van der Waals surface area contributed by atoms with Crippen molar-refractivity contribution in [3.63, 3.8) is 0 Å². The first-order valence-corrected chi connectivity index (χ1v) is 6.94. The van der Waals surface area contributed by atoms with Gasteiger partial charge in [0.2, 0.25) is 0 Å². The first-order chi connectivity index (χ1) is 10.3. The van der Waals surface area contributed by atoms with Crippen molar-refractivity contribution in [1.82, 2.24) is 10.2 Å². The van der Waals surface area contributed by atoms with Crippen LogP contribution in [-0.4, -0.2) is 37.3 Å². The summed E-state index contributed by atoms with van der Waals surface area (Å²) in [7, 11) is 0. The van der Waals surface area contributed by atoms with Gasteiger partial charge in [0.05, 0.1) is 0 Å². The van der Waals surface area contributed by atoms with Crippen LogP contribution >= 0.6 is 0 Å². The molecular weight excluding hydrogens is 310 g/mol. The smallest absolute Gasteiger partial charge is 0.314 e. The van der Waals surface area contributed by atoms with E-state index < -0.39 is 42.5 Å². The Bertz CT molecular complexity index is 511. The molecule has 1 heterocycles. The van der Waals surface area contributed by atoms with Gasteiger partial charge in [-0.1, -0.05) is 6.07 Å². The van der Waals surface area contributed by atoms with E-state index in [0.717, 1.165) is 12.1 Å². The van der Waals surface area contributed by atoms with E-state index in [1.807, 2.05) is 0 Å². The molecule has 0 radical (unpaired) electrons. The Labute approximate surface area is 124 Å². The number of halogens is 6. The fourth-order valence-electron chi connectivity index (χ4n) is 2.63. The van der Waals surface area contributed by atoms with Crippen LogP contribution in [0.4, 0.5) is 26.3 Å². The Morgan fingerprint density at radius 3 is 2.27 bits per heavy atom. The second-order valence-corrected chi connectivity index (χ2v) is 5.22. The zero-order valence-electron chi connectivity index (χ0n) is 11.7. The molecule has 1 aliphatic rings. The van der Waals surface area contributed by atoms with Crippen LogP contribution in [0.2, 0.25) is 0 Å². The van der Waals surface area contributed by atoms with Crippen LogP contribution in [0, 0.1) is 17.5 Å². The number of hydrogen-bond donors (Lipinski definition) is 1. The molecule has 0 bridgehead atoms. The Morgan fingerprint density at radius 1 is 1.05 bits per heavy atom. The second kappa shape index (κ2) is 6.87. The topological polar surface area (TPSA) is 15.3 Å². The summed E-state index contributed by atoms with van der Waals surface area (Å²) in [5.74, 6) is -4.41. The van der Waals surface area contributed by atoms with Gasteiger partial charge < -0.3 is 5.32 Å². The van der Waals surface area contributed by atoms with Crippen molar-refractivity contribution < 1.29 is 26.3 Å². The number of nitrogens with one attached hydrogen (secondary N) is 1. The van der Waals surface area contributed by atoms with Crippen molar-refractivity contribution in [1.29, 1.82) is 0 Å². The summed E-state index contributed by atoms with van der Waals surface area (Å²) >= 11 is 0. The minimum atomic E-state index is -4.39. The molecule has 22 heavy (non-hydrogen) atoms. The molecule has 2 nitrogen and oxygen atoms in total. The lowest BCUT2D eigenvalue weighted by molar-refractivity contribution is -0.138. The summed E-state index contributed by atoms with van der Waals surface area (Å²) in [6, 6.07) is 0.840. The molecule has 1 saturated heterocycles. The lowest BCUT2D eigenvalue weighted by Gasteiger charge is -2.35. The van der Waals surface area contributed by atoms with Crippen molar-refractivity contribution in [3.05, 3.63) is 35.1 Å². The van der Waals surface area contributed by atoms with Gasteiger partial charge in [0, 0.05) is 44.2 Å². The molecule has 1 aromatic carbocycles. The van der Waals surface area contributed by atoms with Gasteiger partial charge in [0.1, 0.15) is 0 Å². The van der Waals surface area contributed by atoms with Crippen LogP contribution < -0.4 is 5.32 Å². The molecule has 0 aromatic heterocycles. The molecular formula is C14H16F6N2. The van der Waals surface area contributed by atoms with Crippen molar-refractivity contribution >= 4 is 0 Å². The highest BCUT2D eigenvalue weighted by Gasteiger charge is 2.33. The summed E-state index contributed by atoms with van der Waals surface area (Å²) in [5, 5.41) is 3.04. The van der Waals surface area contributed by atoms with Crippen molar-refractivity contribution in [2.45, 2.75) is 25.1 Å². The number of hydrogen-bond acceptors (Lipinski definition) is 2. The van der Waals surface area contributed by atoms with Gasteiger partial charge in [-0.3, -0.25) is 4.90 Å². The Kier molecular flexibility index (Phi) is 5.33. The van der Waals surface area contributed by atoms with E-state index >= 15 is 0 Å². The normalized spacial score (nSPS) is 18.5. The van der Waals surface area contributed by atoms with Gasteiger partial charge in [-0.2, -0.15) is 13.2 Å². The molecule has 0 unspecified atom stereocenters. The van der Waals surface area contributed by atoms with Crippen molar-refractivity contribution in [2.24, 2.45) is 0 Å². The molecule has 124 valence electrons. The van der Waals surface area contributed by atoms with Crippen molar-refractivity contribution in [2.75, 3.05) is 26.2 Å². The monoisotopic (exact) mass is 326 g/mol. The van der Waals surface area contributed by atoms with E-state index in [-0.39, 0.29) is 5.56 Å². The van der Waals surface area contributed by atoms with Crippen LogP contribution in [0.1, 0.15) is 24.4 Å². The molecule has 1 N–H and O–H groups in total. The van der Waals surface area contributed by atoms with E-state index in [0.29, 0.717) is 26.2 Å². The first kappa shape index (κ1) is 17.1. The zero-order chi connectivity index (χ0) is 16.3. The molecule has 1 aliphatic heterocycles. The molecule has 1 fully saturated rings. The van der Waals surface area contributed by atoms with Crippen LogP contribution in [0.15, 0.2) is 12.1 Å². The van der Waals surface area contributed by atoms with Crippen LogP contribution in [-0.2, 0) is 0 Å². The van der Waals surface area contributed by atoms with E-state index in [2.05, 4.69) is 5.32 Å². The molecule has 0 aliphatic carbocycles. The summed E-state index contributed by atoms with van der Waals surface area (Å²) in [6.45, 7) is 1.93. The van der Waals surface area contributed by atoms with Gasteiger partial charge in [-0.25, -0.2) is 13.2 Å². The molecule has 1 atom stereocenters. The van der Waals surface area contributed by atoms with E-state index in [1.54, 1.807) is 4.90 Å². The Morgan fingerprint density at radius 2 is 1.68 bits per heavy atom. The molecule has 0 spiro atoms. The maximum Gasteiger partial charge on any atom is 0.389 e. The highest BCUT2D eigenvalue weighted by molar-refractivity contribution is 5.24. The average molecular weight is 326 g/mol. The fraction of sp³-hybridized carbons (Fsp3) is 0.571. The SMILES string of the molecule is Fc1ccc([C@@H](CCC(F)(F)F)N2CCNCC2)c(F)c1F. The highest BCUT2D eigenvalue weighted by Crippen LogP contribution is 2.33. The minimum Gasteiger partial charge on any atom is -0.314 e. The fourth-order valence-corrected chi connectivity index (χ4v) is 2.63. The third-order valence-corrected chi connectivity index (χ3v) is 3.72. The summed E-state index contributed by atoms with van der Waals surface area (Å²) in [4.78, 5) is 1.66. The van der Waals surface area contributed by atoms with E-state index in [1.165, 1.54) is 0 Å². The Hall–Kier alpha value is -1.28. The molecule has 0 saturated carbocycles. The third kappa shape index (κ3) is 4.13. The van der Waals surface area contributed by atoms with Gasteiger partial charge in [0.15, 0.2) is 17.5 Å². The molecule has 2 rings (SSSR count). The van der Waals surface area contributed by atoms with Gasteiger partial charge in [0.25, 0.3) is 0 Å². The Balaban J connectivity index is 2.28. The molecule has 0 amide bonds. The van der Waals surface area contributed by atoms with Gasteiger partial charge in [-0.15, -0.1) is 0 Å². The summed E-state index contributed by atoms with van der Waals surface area (Å²) in [5.41, 5.74) is -0.231. The largest absolute Gasteiger partial charge is 0.389 e.